The molecule has 94 valence electrons. The molecule has 0 unspecified atom stereocenters. The first-order chi connectivity index (χ1) is 7.55. The standard InChI is InChI=1S/C12H16N2O2.ClH/c1-2-8-3-4-10(15)9(7-8)14-11(16)12(13)5-6-12;/h3-4,7,15H,2,5-6,13H2,1H3,(H,14,16);1H. The second-order valence-corrected chi connectivity index (χ2v) is 4.32. The SMILES string of the molecule is CCc1ccc(O)c(NC(=O)C2(N)CC2)c1.Cl. The van der Waals surface area contributed by atoms with Gasteiger partial charge in [-0.15, -0.1) is 12.4 Å². The Bertz CT molecular complexity index is 431. The summed E-state index contributed by atoms with van der Waals surface area (Å²) in [4.78, 5) is 11.7. The molecular weight excluding hydrogens is 240 g/mol. The summed E-state index contributed by atoms with van der Waals surface area (Å²) in [5.74, 6) is -0.133. The summed E-state index contributed by atoms with van der Waals surface area (Å²) < 4.78 is 0. The van der Waals surface area contributed by atoms with Crippen molar-refractivity contribution in [2.24, 2.45) is 5.73 Å². The lowest BCUT2D eigenvalue weighted by atomic mass is 10.1. The smallest absolute Gasteiger partial charge is 0.244 e. The van der Waals surface area contributed by atoms with Gasteiger partial charge in [-0.25, -0.2) is 0 Å². The fraction of sp³-hybridized carbons (Fsp3) is 0.417. The number of hydrogen-bond acceptors (Lipinski definition) is 3. The van der Waals surface area contributed by atoms with Crippen molar-refractivity contribution < 1.29 is 9.90 Å². The average Bonchev–Trinajstić information content (AvgIpc) is 3.01. The van der Waals surface area contributed by atoms with E-state index in [4.69, 9.17) is 5.73 Å². The second-order valence-electron chi connectivity index (χ2n) is 4.32. The topological polar surface area (TPSA) is 75.3 Å². The van der Waals surface area contributed by atoms with Gasteiger partial charge in [-0.3, -0.25) is 4.79 Å². The number of carbonyl (C=O) groups is 1. The van der Waals surface area contributed by atoms with E-state index in [1.807, 2.05) is 13.0 Å². The second kappa shape index (κ2) is 4.94. The Balaban J connectivity index is 0.00000144. The van der Waals surface area contributed by atoms with Gasteiger partial charge < -0.3 is 16.2 Å². The number of anilines is 1. The molecule has 0 radical (unpaired) electrons. The van der Waals surface area contributed by atoms with Gasteiger partial charge >= 0.3 is 0 Å². The van der Waals surface area contributed by atoms with E-state index in [1.54, 1.807) is 12.1 Å². The van der Waals surface area contributed by atoms with Gasteiger partial charge in [0.2, 0.25) is 5.91 Å². The van der Waals surface area contributed by atoms with Crippen LogP contribution in [0.2, 0.25) is 0 Å². The van der Waals surface area contributed by atoms with Crippen molar-refractivity contribution in [3.63, 3.8) is 0 Å². The molecule has 0 spiro atoms. The third-order valence-corrected chi connectivity index (χ3v) is 2.96. The van der Waals surface area contributed by atoms with Crippen LogP contribution in [-0.2, 0) is 11.2 Å². The highest BCUT2D eigenvalue weighted by atomic mass is 35.5. The number of hydrogen-bond donors (Lipinski definition) is 3. The molecule has 0 bridgehead atoms. The summed E-state index contributed by atoms with van der Waals surface area (Å²) in [6, 6.07) is 5.20. The average molecular weight is 257 g/mol. The van der Waals surface area contributed by atoms with E-state index in [-0.39, 0.29) is 24.1 Å². The molecule has 4 N–H and O–H groups in total. The zero-order valence-electron chi connectivity index (χ0n) is 9.69. The summed E-state index contributed by atoms with van der Waals surface area (Å²) in [6.45, 7) is 2.02. The van der Waals surface area contributed by atoms with Crippen LogP contribution in [0.5, 0.6) is 5.75 Å². The number of carbonyl (C=O) groups excluding carboxylic acids is 1. The fourth-order valence-corrected chi connectivity index (χ4v) is 1.51. The van der Waals surface area contributed by atoms with Crippen molar-refractivity contribution in [1.29, 1.82) is 0 Å². The minimum absolute atomic E-state index is 0. The molecule has 0 heterocycles. The largest absolute Gasteiger partial charge is 0.506 e. The van der Waals surface area contributed by atoms with Crippen LogP contribution < -0.4 is 11.1 Å². The highest BCUT2D eigenvalue weighted by Crippen LogP contribution is 2.34. The third-order valence-electron chi connectivity index (χ3n) is 2.96. The van der Waals surface area contributed by atoms with Crippen LogP contribution >= 0.6 is 12.4 Å². The first-order valence-electron chi connectivity index (χ1n) is 5.47. The number of nitrogens with two attached hydrogens (primary N) is 1. The lowest BCUT2D eigenvalue weighted by molar-refractivity contribution is -0.118. The lowest BCUT2D eigenvalue weighted by Crippen LogP contribution is -2.37. The first kappa shape index (κ1) is 13.8. The molecule has 1 amide bonds. The summed E-state index contributed by atoms with van der Waals surface area (Å²) in [5.41, 5.74) is 6.56. The van der Waals surface area contributed by atoms with Gasteiger partial charge in [0.15, 0.2) is 0 Å². The Kier molecular flexibility index (Phi) is 4.01. The van der Waals surface area contributed by atoms with E-state index in [1.165, 1.54) is 0 Å². The molecule has 2 rings (SSSR count). The predicted molar refractivity (Wildman–Crippen MR) is 69.5 cm³/mol. The van der Waals surface area contributed by atoms with E-state index in [9.17, 15) is 9.90 Å². The van der Waals surface area contributed by atoms with Gasteiger partial charge in [0.1, 0.15) is 5.75 Å². The van der Waals surface area contributed by atoms with Gasteiger partial charge in [0.05, 0.1) is 11.2 Å². The van der Waals surface area contributed by atoms with Gasteiger partial charge in [-0.05, 0) is 37.0 Å². The quantitative estimate of drug-likeness (QED) is 0.722. The van der Waals surface area contributed by atoms with Crippen molar-refractivity contribution in [3.8, 4) is 5.75 Å². The Hall–Kier alpha value is -1.26. The maximum atomic E-state index is 11.7. The molecule has 0 aliphatic heterocycles. The molecule has 0 atom stereocenters. The van der Waals surface area contributed by atoms with Gasteiger partial charge in [-0.2, -0.15) is 0 Å². The molecule has 1 aromatic rings. The fourth-order valence-electron chi connectivity index (χ4n) is 1.51. The minimum atomic E-state index is -0.714. The molecule has 1 saturated carbocycles. The molecule has 17 heavy (non-hydrogen) atoms. The number of benzene rings is 1. The van der Waals surface area contributed by atoms with Crippen molar-refractivity contribution in [3.05, 3.63) is 23.8 Å². The van der Waals surface area contributed by atoms with E-state index < -0.39 is 5.54 Å². The van der Waals surface area contributed by atoms with Crippen LogP contribution in [0.3, 0.4) is 0 Å². The molecule has 1 aliphatic carbocycles. The number of phenolic OH excluding ortho intramolecular Hbond substituents is 1. The number of amides is 1. The molecule has 4 nitrogen and oxygen atoms in total. The minimum Gasteiger partial charge on any atom is -0.506 e. The lowest BCUT2D eigenvalue weighted by Gasteiger charge is -2.12. The van der Waals surface area contributed by atoms with Crippen molar-refractivity contribution in [1.82, 2.24) is 0 Å². The van der Waals surface area contributed by atoms with Crippen LogP contribution in [0.1, 0.15) is 25.3 Å². The molecule has 0 aromatic heterocycles. The number of halogens is 1. The van der Waals surface area contributed by atoms with E-state index >= 15 is 0 Å². The molecule has 0 saturated heterocycles. The van der Waals surface area contributed by atoms with Crippen molar-refractivity contribution >= 4 is 24.0 Å². The van der Waals surface area contributed by atoms with Crippen LogP contribution in [0.4, 0.5) is 5.69 Å². The summed E-state index contributed by atoms with van der Waals surface area (Å²) in [6.07, 6.45) is 2.29. The maximum Gasteiger partial charge on any atom is 0.244 e. The highest BCUT2D eigenvalue weighted by Gasteiger charge is 2.46. The highest BCUT2D eigenvalue weighted by molar-refractivity contribution is 6.01. The molecule has 5 heteroatoms. The van der Waals surface area contributed by atoms with Crippen LogP contribution in [-0.4, -0.2) is 16.6 Å². The first-order valence-corrected chi connectivity index (χ1v) is 5.47. The maximum absolute atomic E-state index is 11.7. The van der Waals surface area contributed by atoms with Crippen LogP contribution in [0.15, 0.2) is 18.2 Å². The third kappa shape index (κ3) is 2.90. The number of aryl methyl sites for hydroxylation is 1. The Labute approximate surface area is 107 Å². The van der Waals surface area contributed by atoms with E-state index in [2.05, 4.69) is 5.32 Å². The molecular formula is C12H17ClN2O2. The van der Waals surface area contributed by atoms with Gasteiger partial charge in [0, 0.05) is 0 Å². The van der Waals surface area contributed by atoms with Gasteiger partial charge in [-0.1, -0.05) is 13.0 Å². The number of phenols is 1. The Morgan fingerprint density at radius 1 is 1.53 bits per heavy atom. The normalized spacial score (nSPS) is 15.9. The monoisotopic (exact) mass is 256 g/mol. The van der Waals surface area contributed by atoms with Crippen molar-refractivity contribution in [2.45, 2.75) is 31.7 Å². The van der Waals surface area contributed by atoms with E-state index in [0.717, 1.165) is 12.0 Å². The summed E-state index contributed by atoms with van der Waals surface area (Å²) in [5, 5.41) is 12.3. The summed E-state index contributed by atoms with van der Waals surface area (Å²) >= 11 is 0. The zero-order valence-corrected chi connectivity index (χ0v) is 10.5. The van der Waals surface area contributed by atoms with Gasteiger partial charge in [0.25, 0.3) is 0 Å². The number of aromatic hydroxyl groups is 1. The number of nitrogens with one attached hydrogen (secondary N) is 1. The zero-order chi connectivity index (χ0) is 11.8. The summed E-state index contributed by atoms with van der Waals surface area (Å²) in [7, 11) is 0. The molecule has 1 fully saturated rings. The van der Waals surface area contributed by atoms with Crippen LogP contribution in [0, 0.1) is 0 Å². The Morgan fingerprint density at radius 3 is 2.71 bits per heavy atom. The predicted octanol–water partition coefficient (Wildman–Crippen LogP) is 1.81. The number of rotatable bonds is 3. The van der Waals surface area contributed by atoms with Crippen LogP contribution in [0.25, 0.3) is 0 Å². The molecule has 1 aliphatic rings. The Morgan fingerprint density at radius 2 is 2.18 bits per heavy atom. The van der Waals surface area contributed by atoms with Crippen molar-refractivity contribution in [2.75, 3.05) is 5.32 Å². The molecule has 1 aromatic carbocycles. The van der Waals surface area contributed by atoms with E-state index in [0.29, 0.717) is 18.5 Å².